The molecule has 0 radical (unpaired) electrons. The van der Waals surface area contributed by atoms with Gasteiger partial charge in [-0.05, 0) is 79.9 Å². The predicted octanol–water partition coefficient (Wildman–Crippen LogP) is 2.91. The van der Waals surface area contributed by atoms with Crippen LogP contribution in [0.5, 0.6) is 0 Å². The minimum atomic E-state index is 0.345. The Balaban J connectivity index is 1.82. The van der Waals surface area contributed by atoms with Crippen molar-refractivity contribution in [3.63, 3.8) is 0 Å². The Bertz CT molecular complexity index is 316. The fraction of sp³-hybridized carbons (Fsp3) is 1.00. The molecule has 0 aromatic carbocycles. The molecule has 0 amide bonds. The molecule has 21 heavy (non-hydrogen) atoms. The standard InChI is InChI=1S/C18H37N3/c1-17(2,3)20-9-7-16(8-10-20)15-18(4,5)21-13-11-19(6)12-14-21/h16H,7-15H2,1-6H3. The molecule has 2 aliphatic rings. The van der Waals surface area contributed by atoms with Gasteiger partial charge in [0.25, 0.3) is 0 Å². The Labute approximate surface area is 132 Å². The molecule has 2 rings (SSSR count). The SMILES string of the molecule is CN1CCN(C(C)(C)CC2CCN(C(C)(C)C)CC2)CC1. The van der Waals surface area contributed by atoms with Gasteiger partial charge in [0.1, 0.15) is 0 Å². The molecule has 0 aromatic heterocycles. The van der Waals surface area contributed by atoms with Crippen molar-refractivity contribution < 1.29 is 0 Å². The van der Waals surface area contributed by atoms with Crippen molar-refractivity contribution in [3.8, 4) is 0 Å². The molecule has 0 unspecified atom stereocenters. The molecule has 0 bridgehead atoms. The number of hydrogen-bond donors (Lipinski definition) is 0. The molecule has 0 spiro atoms. The van der Waals surface area contributed by atoms with E-state index in [1.165, 1.54) is 58.5 Å². The van der Waals surface area contributed by atoms with Crippen LogP contribution in [0, 0.1) is 5.92 Å². The summed E-state index contributed by atoms with van der Waals surface area (Å²) in [7, 11) is 2.24. The van der Waals surface area contributed by atoms with E-state index in [-0.39, 0.29) is 0 Å². The van der Waals surface area contributed by atoms with Crippen molar-refractivity contribution in [2.75, 3.05) is 46.3 Å². The maximum Gasteiger partial charge on any atom is 0.0157 e. The van der Waals surface area contributed by atoms with Gasteiger partial charge < -0.3 is 4.90 Å². The first-order valence-corrected chi connectivity index (χ1v) is 8.87. The van der Waals surface area contributed by atoms with Crippen molar-refractivity contribution >= 4 is 0 Å². The van der Waals surface area contributed by atoms with Crippen LogP contribution in [0.15, 0.2) is 0 Å². The normalized spacial score (nSPS) is 25.4. The minimum absolute atomic E-state index is 0.345. The lowest BCUT2D eigenvalue weighted by Crippen LogP contribution is -2.55. The first kappa shape index (κ1) is 17.2. The lowest BCUT2D eigenvalue weighted by Gasteiger charge is -2.47. The molecule has 3 nitrogen and oxygen atoms in total. The van der Waals surface area contributed by atoms with E-state index in [1.807, 2.05) is 0 Å². The first-order valence-electron chi connectivity index (χ1n) is 8.87. The quantitative estimate of drug-likeness (QED) is 0.792. The maximum atomic E-state index is 2.73. The first-order chi connectivity index (χ1) is 9.68. The van der Waals surface area contributed by atoms with Gasteiger partial charge in [0, 0.05) is 37.3 Å². The van der Waals surface area contributed by atoms with Gasteiger partial charge >= 0.3 is 0 Å². The maximum absolute atomic E-state index is 2.73. The van der Waals surface area contributed by atoms with Crippen LogP contribution < -0.4 is 0 Å². The van der Waals surface area contributed by atoms with E-state index >= 15 is 0 Å². The van der Waals surface area contributed by atoms with Crippen molar-refractivity contribution in [3.05, 3.63) is 0 Å². The van der Waals surface area contributed by atoms with Gasteiger partial charge in [0.15, 0.2) is 0 Å². The van der Waals surface area contributed by atoms with Crippen LogP contribution in [0.1, 0.15) is 53.9 Å². The zero-order chi connectivity index (χ0) is 15.7. The largest absolute Gasteiger partial charge is 0.304 e. The van der Waals surface area contributed by atoms with Crippen LogP contribution in [0.4, 0.5) is 0 Å². The third-order valence-electron chi connectivity index (χ3n) is 5.71. The molecule has 3 heteroatoms. The highest BCUT2D eigenvalue weighted by Gasteiger charge is 2.34. The summed E-state index contributed by atoms with van der Waals surface area (Å²) in [5.74, 6) is 0.915. The van der Waals surface area contributed by atoms with Gasteiger partial charge in [-0.1, -0.05) is 0 Å². The molecule has 2 saturated heterocycles. The van der Waals surface area contributed by atoms with Crippen LogP contribution in [0.3, 0.4) is 0 Å². The van der Waals surface area contributed by atoms with E-state index in [0.29, 0.717) is 11.1 Å². The van der Waals surface area contributed by atoms with Crippen LogP contribution in [-0.4, -0.2) is 72.1 Å². The number of nitrogens with zero attached hydrogens (tertiary/aromatic N) is 3. The van der Waals surface area contributed by atoms with Crippen LogP contribution >= 0.6 is 0 Å². The predicted molar refractivity (Wildman–Crippen MR) is 91.8 cm³/mol. The lowest BCUT2D eigenvalue weighted by molar-refractivity contribution is 0.0263. The number of hydrogen-bond acceptors (Lipinski definition) is 3. The number of piperazine rings is 1. The zero-order valence-corrected chi connectivity index (χ0v) is 15.3. The number of piperidine rings is 1. The summed E-state index contributed by atoms with van der Waals surface area (Å²) in [4.78, 5) is 7.84. The summed E-state index contributed by atoms with van der Waals surface area (Å²) < 4.78 is 0. The summed E-state index contributed by atoms with van der Waals surface area (Å²) in [6.07, 6.45) is 4.14. The van der Waals surface area contributed by atoms with Gasteiger partial charge in [0.2, 0.25) is 0 Å². The minimum Gasteiger partial charge on any atom is -0.304 e. The van der Waals surface area contributed by atoms with E-state index in [9.17, 15) is 0 Å². The van der Waals surface area contributed by atoms with E-state index in [2.05, 4.69) is 56.4 Å². The summed E-state index contributed by atoms with van der Waals surface area (Å²) in [6.45, 7) is 19.5. The molecule has 2 aliphatic heterocycles. The molecular weight excluding hydrogens is 258 g/mol. The fourth-order valence-electron chi connectivity index (χ4n) is 4.06. The van der Waals surface area contributed by atoms with E-state index in [1.54, 1.807) is 0 Å². The molecule has 0 N–H and O–H groups in total. The smallest absolute Gasteiger partial charge is 0.0157 e. The fourth-order valence-corrected chi connectivity index (χ4v) is 4.06. The monoisotopic (exact) mass is 295 g/mol. The number of likely N-dealkylation sites (N-methyl/N-ethyl adjacent to an activating group) is 1. The Morgan fingerprint density at radius 1 is 0.762 bits per heavy atom. The molecule has 0 aliphatic carbocycles. The second kappa shape index (κ2) is 6.55. The zero-order valence-electron chi connectivity index (χ0n) is 15.3. The third-order valence-corrected chi connectivity index (χ3v) is 5.71. The number of rotatable bonds is 3. The van der Waals surface area contributed by atoms with E-state index < -0.39 is 0 Å². The van der Waals surface area contributed by atoms with Gasteiger partial charge in [-0.25, -0.2) is 0 Å². The molecule has 124 valence electrons. The second-order valence-electron chi connectivity index (χ2n) is 8.91. The highest BCUT2D eigenvalue weighted by Crippen LogP contribution is 2.32. The number of likely N-dealkylation sites (tertiary alicyclic amines) is 1. The van der Waals surface area contributed by atoms with Crippen molar-refractivity contribution in [2.24, 2.45) is 5.92 Å². The Kier molecular flexibility index (Phi) is 5.38. The van der Waals surface area contributed by atoms with Crippen molar-refractivity contribution in [1.29, 1.82) is 0 Å². The van der Waals surface area contributed by atoms with Crippen LogP contribution in [-0.2, 0) is 0 Å². The highest BCUT2D eigenvalue weighted by molar-refractivity contribution is 4.90. The van der Waals surface area contributed by atoms with Crippen LogP contribution in [0.2, 0.25) is 0 Å². The molecule has 2 heterocycles. The molecular formula is C18H37N3. The van der Waals surface area contributed by atoms with Gasteiger partial charge in [-0.15, -0.1) is 0 Å². The van der Waals surface area contributed by atoms with Gasteiger partial charge in [0.05, 0.1) is 0 Å². The van der Waals surface area contributed by atoms with Crippen molar-refractivity contribution in [1.82, 2.24) is 14.7 Å². The Morgan fingerprint density at radius 2 is 1.29 bits per heavy atom. The second-order valence-corrected chi connectivity index (χ2v) is 8.91. The van der Waals surface area contributed by atoms with E-state index in [0.717, 1.165) is 5.92 Å². The Hall–Kier alpha value is -0.120. The average Bonchev–Trinajstić information content (AvgIpc) is 2.38. The van der Waals surface area contributed by atoms with Crippen LogP contribution in [0.25, 0.3) is 0 Å². The summed E-state index contributed by atoms with van der Waals surface area (Å²) in [6, 6.07) is 0. The summed E-state index contributed by atoms with van der Waals surface area (Å²) in [5, 5.41) is 0. The molecule has 0 saturated carbocycles. The topological polar surface area (TPSA) is 9.72 Å². The Morgan fingerprint density at radius 3 is 1.76 bits per heavy atom. The summed E-state index contributed by atoms with van der Waals surface area (Å²) in [5.41, 5.74) is 0.716. The lowest BCUT2D eigenvalue weighted by atomic mass is 9.82. The average molecular weight is 296 g/mol. The van der Waals surface area contributed by atoms with Gasteiger partial charge in [-0.3, -0.25) is 9.80 Å². The highest BCUT2D eigenvalue weighted by atomic mass is 15.3. The van der Waals surface area contributed by atoms with Crippen molar-refractivity contribution in [2.45, 2.75) is 65.0 Å². The molecule has 0 atom stereocenters. The molecule has 2 fully saturated rings. The van der Waals surface area contributed by atoms with Gasteiger partial charge in [-0.2, -0.15) is 0 Å². The van der Waals surface area contributed by atoms with E-state index in [4.69, 9.17) is 0 Å². The summed E-state index contributed by atoms with van der Waals surface area (Å²) >= 11 is 0. The molecule has 0 aromatic rings. The third kappa shape index (κ3) is 4.67.